The van der Waals surface area contributed by atoms with Gasteiger partial charge in [0.05, 0.1) is 7.11 Å². The van der Waals surface area contributed by atoms with Crippen LogP contribution in [-0.2, 0) is 0 Å². The summed E-state index contributed by atoms with van der Waals surface area (Å²) >= 11 is 0. The van der Waals surface area contributed by atoms with Crippen LogP contribution >= 0.6 is 0 Å². The molecule has 1 aliphatic carbocycles. The Labute approximate surface area is 86.1 Å². The predicted octanol–water partition coefficient (Wildman–Crippen LogP) is 3.53. The molecular formula is C13H17O. The van der Waals surface area contributed by atoms with Crippen LogP contribution in [0.1, 0.15) is 43.7 Å². The zero-order chi connectivity index (χ0) is 10.1. The summed E-state index contributed by atoms with van der Waals surface area (Å²) in [6.45, 7) is 4.33. The summed E-state index contributed by atoms with van der Waals surface area (Å²) in [6.07, 6.45) is 2.64. The lowest BCUT2D eigenvalue weighted by Crippen LogP contribution is -1.98. The van der Waals surface area contributed by atoms with Crippen LogP contribution in [0, 0.1) is 5.92 Å². The predicted molar refractivity (Wildman–Crippen MR) is 58.7 cm³/mol. The number of hydrogen-bond donors (Lipinski definition) is 0. The van der Waals surface area contributed by atoms with Gasteiger partial charge in [-0.15, -0.1) is 0 Å². The van der Waals surface area contributed by atoms with Gasteiger partial charge in [0.25, 0.3) is 0 Å². The second-order valence-corrected chi connectivity index (χ2v) is 4.20. The third-order valence-electron chi connectivity index (χ3n) is 2.81. The molecule has 75 valence electrons. The highest BCUT2D eigenvalue weighted by molar-refractivity contribution is 5.49. The van der Waals surface area contributed by atoms with E-state index in [1.165, 1.54) is 29.9 Å². The first-order valence-electron chi connectivity index (χ1n) is 5.21. The van der Waals surface area contributed by atoms with Crippen molar-refractivity contribution in [2.75, 3.05) is 7.11 Å². The molecule has 1 radical (unpaired) electrons. The highest BCUT2D eigenvalue weighted by Crippen LogP contribution is 2.47. The van der Waals surface area contributed by atoms with Gasteiger partial charge in [-0.25, -0.2) is 0 Å². The molecule has 0 unspecified atom stereocenters. The van der Waals surface area contributed by atoms with Crippen molar-refractivity contribution in [3.63, 3.8) is 0 Å². The molecule has 1 aromatic carbocycles. The molecule has 0 bridgehead atoms. The first-order chi connectivity index (χ1) is 6.74. The summed E-state index contributed by atoms with van der Waals surface area (Å²) in [7, 11) is 1.76. The minimum atomic E-state index is 0.746. The number of rotatable bonds is 3. The van der Waals surface area contributed by atoms with Gasteiger partial charge >= 0.3 is 0 Å². The molecule has 0 spiro atoms. The Morgan fingerprint density at radius 2 is 2.00 bits per heavy atom. The van der Waals surface area contributed by atoms with Gasteiger partial charge in [-0.05, 0) is 36.3 Å². The third-order valence-corrected chi connectivity index (χ3v) is 2.81. The average Bonchev–Trinajstić information content (AvgIpc) is 2.99. The lowest BCUT2D eigenvalue weighted by Gasteiger charge is -2.15. The Balaban J connectivity index is 2.47. The largest absolute Gasteiger partial charge is 0.496 e. The quantitative estimate of drug-likeness (QED) is 0.706. The molecular weight excluding hydrogens is 172 g/mol. The molecule has 1 aliphatic rings. The Hall–Kier alpha value is -0.980. The van der Waals surface area contributed by atoms with Crippen LogP contribution in [0.3, 0.4) is 0 Å². The summed E-state index contributed by atoms with van der Waals surface area (Å²) in [5.41, 5.74) is 2.81. The van der Waals surface area contributed by atoms with Crippen LogP contribution in [0.2, 0.25) is 0 Å². The fraction of sp³-hybridized carbons (Fsp3) is 0.462. The maximum absolute atomic E-state index is 5.42. The summed E-state index contributed by atoms with van der Waals surface area (Å²) in [5.74, 6) is 3.19. The summed E-state index contributed by atoms with van der Waals surface area (Å²) in [4.78, 5) is 0. The van der Waals surface area contributed by atoms with Gasteiger partial charge in [0, 0.05) is 5.56 Å². The van der Waals surface area contributed by atoms with E-state index in [9.17, 15) is 0 Å². The molecule has 1 fully saturated rings. The lowest BCUT2D eigenvalue weighted by atomic mass is 9.94. The topological polar surface area (TPSA) is 9.23 Å². The molecule has 1 heteroatoms. The van der Waals surface area contributed by atoms with Gasteiger partial charge < -0.3 is 4.74 Å². The molecule has 1 aromatic rings. The third kappa shape index (κ3) is 1.63. The molecule has 0 aromatic heterocycles. The van der Waals surface area contributed by atoms with Crippen LogP contribution in [0.5, 0.6) is 5.75 Å². The maximum Gasteiger partial charge on any atom is 0.122 e. The van der Waals surface area contributed by atoms with E-state index >= 15 is 0 Å². The second-order valence-electron chi connectivity index (χ2n) is 4.20. The van der Waals surface area contributed by atoms with Crippen molar-refractivity contribution in [3.05, 3.63) is 35.2 Å². The van der Waals surface area contributed by atoms with Crippen LogP contribution in [0.25, 0.3) is 0 Å². The number of benzene rings is 1. The minimum Gasteiger partial charge on any atom is -0.496 e. The molecule has 0 N–H and O–H groups in total. The smallest absolute Gasteiger partial charge is 0.122 e. The first kappa shape index (κ1) is 9.57. The summed E-state index contributed by atoms with van der Waals surface area (Å²) < 4.78 is 5.42. The minimum absolute atomic E-state index is 0.746. The van der Waals surface area contributed by atoms with E-state index in [2.05, 4.69) is 32.0 Å². The van der Waals surface area contributed by atoms with Crippen molar-refractivity contribution < 1.29 is 4.74 Å². The number of ether oxygens (including phenoxy) is 1. The molecule has 0 atom stereocenters. The van der Waals surface area contributed by atoms with E-state index in [4.69, 9.17) is 4.74 Å². The van der Waals surface area contributed by atoms with Gasteiger partial charge in [0.2, 0.25) is 0 Å². The van der Waals surface area contributed by atoms with Crippen LogP contribution in [-0.4, -0.2) is 7.11 Å². The number of hydrogen-bond acceptors (Lipinski definition) is 1. The Bertz CT molecular complexity index is 324. The van der Waals surface area contributed by atoms with Crippen molar-refractivity contribution >= 4 is 0 Å². The van der Waals surface area contributed by atoms with Crippen LogP contribution < -0.4 is 4.74 Å². The van der Waals surface area contributed by atoms with Crippen molar-refractivity contribution in [1.82, 2.24) is 0 Å². The zero-order valence-corrected chi connectivity index (χ0v) is 9.13. The average molecular weight is 189 g/mol. The van der Waals surface area contributed by atoms with E-state index in [1.54, 1.807) is 7.11 Å². The zero-order valence-electron chi connectivity index (χ0n) is 9.13. The fourth-order valence-corrected chi connectivity index (χ4v) is 1.95. The van der Waals surface area contributed by atoms with Crippen LogP contribution in [0.15, 0.2) is 18.2 Å². The van der Waals surface area contributed by atoms with Crippen molar-refractivity contribution in [2.24, 2.45) is 0 Å². The van der Waals surface area contributed by atoms with Gasteiger partial charge in [-0.1, -0.05) is 26.0 Å². The molecule has 0 saturated heterocycles. The van der Waals surface area contributed by atoms with Crippen LogP contribution in [0.4, 0.5) is 0 Å². The Kier molecular flexibility index (Phi) is 2.49. The normalized spacial score (nSPS) is 16.0. The molecule has 1 nitrogen and oxygen atoms in total. The molecule has 1 saturated carbocycles. The molecule has 0 amide bonds. The lowest BCUT2D eigenvalue weighted by molar-refractivity contribution is 0.409. The van der Waals surface area contributed by atoms with Gasteiger partial charge in [0.15, 0.2) is 0 Å². The Morgan fingerprint density at radius 3 is 2.50 bits per heavy atom. The van der Waals surface area contributed by atoms with E-state index in [0.717, 1.165) is 11.7 Å². The van der Waals surface area contributed by atoms with Crippen molar-refractivity contribution in [1.29, 1.82) is 0 Å². The molecule has 2 rings (SSSR count). The monoisotopic (exact) mass is 189 g/mol. The van der Waals surface area contributed by atoms with Crippen molar-refractivity contribution in [3.8, 4) is 5.75 Å². The van der Waals surface area contributed by atoms with E-state index in [1.807, 2.05) is 0 Å². The van der Waals surface area contributed by atoms with Gasteiger partial charge in [0.1, 0.15) is 5.75 Å². The maximum atomic E-state index is 5.42. The summed E-state index contributed by atoms with van der Waals surface area (Å²) in [6, 6.07) is 6.35. The Morgan fingerprint density at radius 1 is 1.29 bits per heavy atom. The highest BCUT2D eigenvalue weighted by atomic mass is 16.5. The van der Waals surface area contributed by atoms with E-state index < -0.39 is 0 Å². The van der Waals surface area contributed by atoms with E-state index in [-0.39, 0.29) is 0 Å². The first-order valence-corrected chi connectivity index (χ1v) is 5.21. The highest BCUT2D eigenvalue weighted by Gasteiger charge is 2.29. The van der Waals surface area contributed by atoms with Gasteiger partial charge in [-0.3, -0.25) is 0 Å². The summed E-state index contributed by atoms with van der Waals surface area (Å²) in [5, 5.41) is 0. The SMILES string of the molecule is COc1cccc([C](C)C)c1C1CC1. The second kappa shape index (κ2) is 3.64. The van der Waals surface area contributed by atoms with E-state index in [0.29, 0.717) is 0 Å². The fourth-order valence-electron chi connectivity index (χ4n) is 1.95. The van der Waals surface area contributed by atoms with Crippen molar-refractivity contribution in [2.45, 2.75) is 32.6 Å². The standard InChI is InChI=1S/C13H17O/c1-9(2)11-5-4-6-12(14-3)13(11)10-7-8-10/h4-6,10H,7-8H2,1-3H3. The molecule has 14 heavy (non-hydrogen) atoms. The molecule has 0 aliphatic heterocycles. The number of methoxy groups -OCH3 is 1. The molecule has 0 heterocycles. The van der Waals surface area contributed by atoms with Gasteiger partial charge in [-0.2, -0.15) is 0 Å².